The third-order valence-electron chi connectivity index (χ3n) is 2.60. The fraction of sp³-hybridized carbons (Fsp3) is 0.333. The summed E-state index contributed by atoms with van der Waals surface area (Å²) in [4.78, 5) is 13.5. The number of hydrogen-bond donors (Lipinski definition) is 1. The van der Waals surface area contributed by atoms with Crippen molar-refractivity contribution in [3.05, 3.63) is 24.3 Å². The van der Waals surface area contributed by atoms with E-state index in [0.717, 1.165) is 17.8 Å². The predicted octanol–water partition coefficient (Wildman–Crippen LogP) is 1.75. The summed E-state index contributed by atoms with van der Waals surface area (Å²) in [6.07, 6.45) is 1.20. The van der Waals surface area contributed by atoms with Crippen LogP contribution in [0.3, 0.4) is 0 Å². The van der Waals surface area contributed by atoms with E-state index >= 15 is 0 Å². The van der Waals surface area contributed by atoms with E-state index < -0.39 is 0 Å². The molecule has 1 aliphatic rings. The van der Waals surface area contributed by atoms with Gasteiger partial charge in [-0.1, -0.05) is 12.1 Å². The quantitative estimate of drug-likeness (QED) is 0.781. The number of hydrogen-bond acceptors (Lipinski definition) is 3. The average Bonchev–Trinajstić information content (AvgIpc) is 2.32. The van der Waals surface area contributed by atoms with Gasteiger partial charge in [-0.3, -0.25) is 4.79 Å². The van der Waals surface area contributed by atoms with Gasteiger partial charge >= 0.3 is 0 Å². The first-order valence-corrected chi connectivity index (χ1v) is 5.33. The van der Waals surface area contributed by atoms with Gasteiger partial charge in [-0.2, -0.15) is 5.26 Å². The second-order valence-electron chi connectivity index (χ2n) is 3.68. The van der Waals surface area contributed by atoms with E-state index in [2.05, 4.69) is 11.4 Å². The summed E-state index contributed by atoms with van der Waals surface area (Å²) >= 11 is 0. The van der Waals surface area contributed by atoms with Crippen molar-refractivity contribution >= 4 is 17.3 Å². The van der Waals surface area contributed by atoms with E-state index in [9.17, 15) is 4.79 Å². The molecule has 1 heterocycles. The molecule has 0 atom stereocenters. The monoisotopic (exact) mass is 215 g/mol. The highest BCUT2D eigenvalue weighted by Crippen LogP contribution is 2.28. The van der Waals surface area contributed by atoms with Crippen molar-refractivity contribution in [2.24, 2.45) is 0 Å². The van der Waals surface area contributed by atoms with Crippen LogP contribution in [0.2, 0.25) is 0 Å². The number of nitrogens with one attached hydrogen (secondary N) is 1. The van der Waals surface area contributed by atoms with E-state index in [4.69, 9.17) is 5.26 Å². The lowest BCUT2D eigenvalue weighted by Gasteiger charge is -2.29. The molecule has 2 rings (SSSR count). The normalized spacial score (nSPS) is 13.9. The number of unbranched alkanes of at least 4 members (excludes halogenated alkanes) is 1. The largest absolute Gasteiger partial charge is 0.374 e. The highest BCUT2D eigenvalue weighted by Gasteiger charge is 2.22. The number of nitriles is 1. The summed E-state index contributed by atoms with van der Waals surface area (Å²) in [5.74, 6) is 0.0663. The molecule has 4 nitrogen and oxygen atoms in total. The van der Waals surface area contributed by atoms with Gasteiger partial charge < -0.3 is 10.2 Å². The minimum atomic E-state index is 0.0663. The number of carbonyl (C=O) groups is 1. The summed E-state index contributed by atoms with van der Waals surface area (Å²) in [6, 6.07) is 9.82. The Morgan fingerprint density at radius 2 is 2.25 bits per heavy atom. The van der Waals surface area contributed by atoms with Gasteiger partial charge in [0, 0.05) is 13.0 Å². The summed E-state index contributed by atoms with van der Waals surface area (Å²) in [6.45, 7) is 0.953. The Morgan fingerprint density at radius 3 is 3.06 bits per heavy atom. The number of anilines is 2. The van der Waals surface area contributed by atoms with Crippen molar-refractivity contribution in [1.29, 1.82) is 5.26 Å². The molecule has 1 aromatic rings. The molecule has 82 valence electrons. The minimum absolute atomic E-state index is 0.0663. The smallest absolute Gasteiger partial charge is 0.246 e. The molecule has 0 bridgehead atoms. The summed E-state index contributed by atoms with van der Waals surface area (Å²) in [5, 5.41) is 11.6. The molecular formula is C12H13N3O. The molecule has 0 spiro atoms. The van der Waals surface area contributed by atoms with Crippen LogP contribution >= 0.6 is 0 Å². The molecule has 4 heteroatoms. The summed E-state index contributed by atoms with van der Waals surface area (Å²) in [5.41, 5.74) is 1.90. The van der Waals surface area contributed by atoms with Gasteiger partial charge in [-0.05, 0) is 18.6 Å². The van der Waals surface area contributed by atoms with Gasteiger partial charge in [0.15, 0.2) is 0 Å². The lowest BCUT2D eigenvalue weighted by atomic mass is 10.1. The summed E-state index contributed by atoms with van der Waals surface area (Å²) in [7, 11) is 0. The fourth-order valence-corrected chi connectivity index (χ4v) is 1.82. The maximum Gasteiger partial charge on any atom is 0.246 e. The second kappa shape index (κ2) is 4.67. The maximum atomic E-state index is 11.7. The number of benzene rings is 1. The van der Waals surface area contributed by atoms with Crippen LogP contribution in [-0.2, 0) is 4.79 Å². The molecule has 16 heavy (non-hydrogen) atoms. The number of amides is 1. The lowest BCUT2D eigenvalue weighted by molar-refractivity contribution is -0.117. The SMILES string of the molecule is N#CCCCN1C(=O)CNc2ccccc21. The number of nitrogens with zero attached hydrogens (tertiary/aromatic N) is 2. The van der Waals surface area contributed by atoms with E-state index in [1.807, 2.05) is 24.3 Å². The van der Waals surface area contributed by atoms with Crippen LogP contribution in [-0.4, -0.2) is 19.0 Å². The Hall–Kier alpha value is -2.02. The maximum absolute atomic E-state index is 11.7. The fourth-order valence-electron chi connectivity index (χ4n) is 1.82. The molecule has 0 saturated heterocycles. The van der Waals surface area contributed by atoms with Gasteiger partial charge in [-0.15, -0.1) is 0 Å². The molecule has 0 radical (unpaired) electrons. The van der Waals surface area contributed by atoms with E-state index in [-0.39, 0.29) is 5.91 Å². The number of fused-ring (bicyclic) bond motifs is 1. The van der Waals surface area contributed by atoms with Gasteiger partial charge in [0.25, 0.3) is 0 Å². The molecule has 1 N–H and O–H groups in total. The number of para-hydroxylation sites is 2. The molecule has 1 aromatic carbocycles. The zero-order chi connectivity index (χ0) is 11.4. The lowest BCUT2D eigenvalue weighted by Crippen LogP contribution is -2.40. The highest BCUT2D eigenvalue weighted by molar-refractivity contribution is 6.02. The van der Waals surface area contributed by atoms with Crippen molar-refractivity contribution in [3.8, 4) is 6.07 Å². The Labute approximate surface area is 94.5 Å². The predicted molar refractivity (Wildman–Crippen MR) is 62.1 cm³/mol. The number of carbonyl (C=O) groups excluding carboxylic acids is 1. The molecule has 0 aliphatic carbocycles. The average molecular weight is 215 g/mol. The van der Waals surface area contributed by atoms with Crippen LogP contribution in [0.1, 0.15) is 12.8 Å². The van der Waals surface area contributed by atoms with Gasteiger partial charge in [0.2, 0.25) is 5.91 Å². The standard InChI is InChI=1S/C12H13N3O/c13-7-3-4-8-15-11-6-2-1-5-10(11)14-9-12(15)16/h1-2,5-6,14H,3-4,8-9H2. The zero-order valence-electron chi connectivity index (χ0n) is 8.94. The van der Waals surface area contributed by atoms with Gasteiger partial charge in [0.05, 0.1) is 24.0 Å². The molecule has 0 saturated carbocycles. The van der Waals surface area contributed by atoms with Crippen LogP contribution in [0.25, 0.3) is 0 Å². The van der Waals surface area contributed by atoms with Gasteiger partial charge in [0.1, 0.15) is 0 Å². The van der Waals surface area contributed by atoms with Crippen molar-refractivity contribution in [2.75, 3.05) is 23.3 Å². The van der Waals surface area contributed by atoms with Crippen molar-refractivity contribution < 1.29 is 4.79 Å². The molecule has 1 amide bonds. The van der Waals surface area contributed by atoms with Crippen LogP contribution in [0.4, 0.5) is 11.4 Å². The molecule has 0 aromatic heterocycles. The van der Waals surface area contributed by atoms with E-state index in [1.165, 1.54) is 0 Å². The Bertz CT molecular complexity index is 436. The molecule has 0 unspecified atom stereocenters. The van der Waals surface area contributed by atoms with Crippen LogP contribution in [0.5, 0.6) is 0 Å². The van der Waals surface area contributed by atoms with Crippen molar-refractivity contribution in [3.63, 3.8) is 0 Å². The van der Waals surface area contributed by atoms with E-state index in [0.29, 0.717) is 19.5 Å². The Kier molecular flexibility index (Phi) is 3.06. The first-order chi connectivity index (χ1) is 7.83. The van der Waals surface area contributed by atoms with Crippen LogP contribution in [0.15, 0.2) is 24.3 Å². The van der Waals surface area contributed by atoms with Crippen molar-refractivity contribution in [1.82, 2.24) is 0 Å². The van der Waals surface area contributed by atoms with Gasteiger partial charge in [-0.25, -0.2) is 0 Å². The Balaban J connectivity index is 2.17. The third-order valence-corrected chi connectivity index (χ3v) is 2.60. The second-order valence-corrected chi connectivity index (χ2v) is 3.68. The first kappa shape index (κ1) is 10.5. The van der Waals surface area contributed by atoms with E-state index in [1.54, 1.807) is 4.90 Å². The third kappa shape index (κ3) is 1.98. The van der Waals surface area contributed by atoms with Crippen molar-refractivity contribution in [2.45, 2.75) is 12.8 Å². The number of rotatable bonds is 3. The minimum Gasteiger partial charge on any atom is -0.374 e. The molecular weight excluding hydrogens is 202 g/mol. The highest BCUT2D eigenvalue weighted by atomic mass is 16.2. The van der Waals surface area contributed by atoms with Crippen LogP contribution < -0.4 is 10.2 Å². The summed E-state index contributed by atoms with van der Waals surface area (Å²) < 4.78 is 0. The molecule has 1 aliphatic heterocycles. The van der Waals surface area contributed by atoms with Crippen LogP contribution in [0, 0.1) is 11.3 Å². The Morgan fingerprint density at radius 1 is 1.44 bits per heavy atom. The molecule has 0 fully saturated rings. The zero-order valence-corrected chi connectivity index (χ0v) is 8.94. The first-order valence-electron chi connectivity index (χ1n) is 5.33. The topological polar surface area (TPSA) is 56.1 Å².